The van der Waals surface area contributed by atoms with Gasteiger partial charge in [-0.3, -0.25) is 9.69 Å². The lowest BCUT2D eigenvalue weighted by molar-refractivity contribution is -0.143. The van der Waals surface area contributed by atoms with E-state index in [2.05, 4.69) is 4.98 Å². The summed E-state index contributed by atoms with van der Waals surface area (Å²) in [4.78, 5) is 27.5. The molecule has 1 fully saturated rings. The Morgan fingerprint density at radius 2 is 1.90 bits per heavy atom. The van der Waals surface area contributed by atoms with Crippen LogP contribution in [0.2, 0.25) is 0 Å². The fourth-order valence-electron chi connectivity index (χ4n) is 2.63. The first kappa shape index (κ1) is 14.3. The molecule has 0 bridgehead atoms. The van der Waals surface area contributed by atoms with Crippen LogP contribution in [0.5, 0.6) is 0 Å². The van der Waals surface area contributed by atoms with Gasteiger partial charge in [0, 0.05) is 12.7 Å². The molecule has 108 valence electrons. The Morgan fingerprint density at radius 1 is 1.20 bits per heavy atom. The average molecular weight is 278 g/mol. The molecular formula is C14H18N2O4. The lowest BCUT2D eigenvalue weighted by atomic mass is 9.82. The van der Waals surface area contributed by atoms with E-state index in [1.807, 2.05) is 0 Å². The monoisotopic (exact) mass is 278 g/mol. The van der Waals surface area contributed by atoms with Crippen molar-refractivity contribution in [2.75, 3.05) is 11.4 Å². The molecule has 0 aliphatic heterocycles. The van der Waals surface area contributed by atoms with Crippen molar-refractivity contribution in [2.24, 2.45) is 11.8 Å². The number of hydrogen-bond donors (Lipinski definition) is 2. The molecule has 1 aromatic rings. The van der Waals surface area contributed by atoms with E-state index >= 15 is 0 Å². The molecule has 1 aromatic heterocycles. The van der Waals surface area contributed by atoms with Crippen LogP contribution in [0.15, 0.2) is 24.4 Å². The van der Waals surface area contributed by atoms with E-state index in [-0.39, 0.29) is 11.8 Å². The van der Waals surface area contributed by atoms with Gasteiger partial charge in [-0.25, -0.2) is 9.78 Å². The maximum absolute atomic E-state index is 11.3. The SMILES string of the molecule is O=C(O)C1CCC(CN(C(=O)O)c2ccccn2)CC1. The number of rotatable bonds is 4. The summed E-state index contributed by atoms with van der Waals surface area (Å²) >= 11 is 0. The molecule has 1 heterocycles. The van der Waals surface area contributed by atoms with Crippen LogP contribution in [0.25, 0.3) is 0 Å². The fourth-order valence-corrected chi connectivity index (χ4v) is 2.63. The molecule has 1 aliphatic rings. The molecule has 0 atom stereocenters. The van der Waals surface area contributed by atoms with Crippen LogP contribution < -0.4 is 4.90 Å². The van der Waals surface area contributed by atoms with Crippen molar-refractivity contribution in [3.05, 3.63) is 24.4 Å². The Balaban J connectivity index is 1.97. The van der Waals surface area contributed by atoms with E-state index in [0.29, 0.717) is 25.2 Å². The molecule has 0 unspecified atom stereocenters. The number of pyridine rings is 1. The highest BCUT2D eigenvalue weighted by atomic mass is 16.4. The van der Waals surface area contributed by atoms with Gasteiger partial charge in [0.2, 0.25) is 0 Å². The second-order valence-corrected chi connectivity index (χ2v) is 5.14. The van der Waals surface area contributed by atoms with Crippen molar-refractivity contribution in [3.8, 4) is 0 Å². The van der Waals surface area contributed by atoms with Crippen molar-refractivity contribution < 1.29 is 19.8 Å². The highest BCUT2D eigenvalue weighted by molar-refractivity contribution is 5.84. The zero-order valence-corrected chi connectivity index (χ0v) is 11.1. The minimum absolute atomic E-state index is 0.198. The molecule has 2 rings (SSSR count). The summed E-state index contributed by atoms with van der Waals surface area (Å²) in [5, 5.41) is 18.2. The van der Waals surface area contributed by atoms with Crippen LogP contribution in [0.4, 0.5) is 10.6 Å². The highest BCUT2D eigenvalue weighted by Crippen LogP contribution is 2.30. The predicted octanol–water partition coefficient (Wildman–Crippen LogP) is 2.46. The summed E-state index contributed by atoms with van der Waals surface area (Å²) in [7, 11) is 0. The quantitative estimate of drug-likeness (QED) is 0.882. The van der Waals surface area contributed by atoms with Crippen molar-refractivity contribution >= 4 is 17.9 Å². The summed E-state index contributed by atoms with van der Waals surface area (Å²) in [6.45, 7) is 0.374. The Kier molecular flexibility index (Phi) is 4.55. The number of amides is 1. The molecule has 1 amide bonds. The van der Waals surface area contributed by atoms with Crippen LogP contribution in [0.3, 0.4) is 0 Å². The molecule has 0 saturated heterocycles. The Labute approximate surface area is 117 Å². The van der Waals surface area contributed by atoms with Gasteiger partial charge in [-0.1, -0.05) is 6.07 Å². The number of nitrogens with zero attached hydrogens (tertiary/aromatic N) is 2. The van der Waals surface area contributed by atoms with E-state index in [1.54, 1.807) is 24.4 Å². The van der Waals surface area contributed by atoms with E-state index in [4.69, 9.17) is 5.11 Å². The summed E-state index contributed by atoms with van der Waals surface area (Å²) in [5.74, 6) is -0.410. The third kappa shape index (κ3) is 3.46. The summed E-state index contributed by atoms with van der Waals surface area (Å²) in [6, 6.07) is 5.15. The standard InChI is InChI=1S/C14H18N2O4/c17-13(18)11-6-4-10(5-7-11)9-16(14(19)20)12-3-1-2-8-15-12/h1-3,8,10-11H,4-7,9H2,(H,17,18)(H,19,20). The molecule has 6 nitrogen and oxygen atoms in total. The lowest BCUT2D eigenvalue weighted by Gasteiger charge is -2.29. The van der Waals surface area contributed by atoms with Crippen molar-refractivity contribution in [3.63, 3.8) is 0 Å². The predicted molar refractivity (Wildman–Crippen MR) is 72.7 cm³/mol. The van der Waals surface area contributed by atoms with Gasteiger partial charge in [0.05, 0.1) is 5.92 Å². The smallest absolute Gasteiger partial charge is 0.413 e. The van der Waals surface area contributed by atoms with Gasteiger partial charge in [0.1, 0.15) is 5.82 Å². The lowest BCUT2D eigenvalue weighted by Crippen LogP contribution is -2.36. The third-order valence-electron chi connectivity index (χ3n) is 3.79. The van der Waals surface area contributed by atoms with Gasteiger partial charge < -0.3 is 10.2 Å². The molecular weight excluding hydrogens is 260 g/mol. The van der Waals surface area contributed by atoms with Gasteiger partial charge in [-0.2, -0.15) is 0 Å². The summed E-state index contributed by atoms with van der Waals surface area (Å²) in [5.41, 5.74) is 0. The fraction of sp³-hybridized carbons (Fsp3) is 0.500. The first-order chi connectivity index (χ1) is 9.58. The minimum atomic E-state index is -1.02. The normalized spacial score (nSPS) is 22.2. The Bertz CT molecular complexity index is 469. The molecule has 1 saturated carbocycles. The van der Waals surface area contributed by atoms with Gasteiger partial charge in [0.25, 0.3) is 0 Å². The van der Waals surface area contributed by atoms with E-state index in [0.717, 1.165) is 12.8 Å². The molecule has 1 aliphatic carbocycles. The number of carboxylic acid groups (broad SMARTS) is 2. The maximum atomic E-state index is 11.3. The van der Waals surface area contributed by atoms with Crippen molar-refractivity contribution in [2.45, 2.75) is 25.7 Å². The van der Waals surface area contributed by atoms with Crippen LogP contribution >= 0.6 is 0 Å². The third-order valence-corrected chi connectivity index (χ3v) is 3.79. The van der Waals surface area contributed by atoms with Crippen LogP contribution in [0, 0.1) is 11.8 Å². The molecule has 2 N–H and O–H groups in total. The first-order valence-corrected chi connectivity index (χ1v) is 6.72. The maximum Gasteiger partial charge on any atom is 0.413 e. The second kappa shape index (κ2) is 6.36. The molecule has 0 aromatic carbocycles. The Hall–Kier alpha value is -2.11. The highest BCUT2D eigenvalue weighted by Gasteiger charge is 2.28. The van der Waals surface area contributed by atoms with Crippen molar-refractivity contribution in [1.82, 2.24) is 4.98 Å². The Morgan fingerprint density at radius 3 is 2.40 bits per heavy atom. The van der Waals surface area contributed by atoms with Crippen LogP contribution in [-0.2, 0) is 4.79 Å². The van der Waals surface area contributed by atoms with Crippen molar-refractivity contribution in [1.29, 1.82) is 0 Å². The average Bonchev–Trinajstić information content (AvgIpc) is 2.46. The van der Waals surface area contributed by atoms with Gasteiger partial charge in [-0.15, -0.1) is 0 Å². The minimum Gasteiger partial charge on any atom is -0.481 e. The summed E-state index contributed by atoms with van der Waals surface area (Å²) in [6.07, 6.45) is 3.27. The van der Waals surface area contributed by atoms with Gasteiger partial charge in [-0.05, 0) is 43.7 Å². The topological polar surface area (TPSA) is 90.7 Å². The largest absolute Gasteiger partial charge is 0.481 e. The molecule has 0 radical (unpaired) electrons. The molecule has 20 heavy (non-hydrogen) atoms. The van der Waals surface area contributed by atoms with E-state index in [9.17, 15) is 14.7 Å². The molecule has 6 heteroatoms. The van der Waals surface area contributed by atoms with E-state index in [1.165, 1.54) is 4.90 Å². The van der Waals surface area contributed by atoms with E-state index < -0.39 is 12.1 Å². The zero-order chi connectivity index (χ0) is 14.5. The first-order valence-electron chi connectivity index (χ1n) is 6.72. The number of anilines is 1. The number of aromatic nitrogens is 1. The number of carbonyl (C=O) groups is 2. The zero-order valence-electron chi connectivity index (χ0n) is 11.1. The van der Waals surface area contributed by atoms with Gasteiger partial charge >= 0.3 is 12.1 Å². The molecule has 0 spiro atoms. The van der Waals surface area contributed by atoms with Crippen LogP contribution in [0.1, 0.15) is 25.7 Å². The van der Waals surface area contributed by atoms with Crippen LogP contribution in [-0.4, -0.2) is 33.8 Å². The number of aliphatic carboxylic acids is 1. The van der Waals surface area contributed by atoms with Gasteiger partial charge in [0.15, 0.2) is 0 Å². The number of carboxylic acids is 1. The summed E-state index contributed by atoms with van der Waals surface area (Å²) < 4.78 is 0. The number of hydrogen-bond acceptors (Lipinski definition) is 3. The second-order valence-electron chi connectivity index (χ2n) is 5.14.